The molecule has 0 aliphatic rings. The van der Waals surface area contributed by atoms with Crippen LogP contribution in [0.5, 0.6) is 0 Å². The summed E-state index contributed by atoms with van der Waals surface area (Å²) in [5.41, 5.74) is 5.40. The van der Waals surface area contributed by atoms with Crippen LogP contribution in [0.25, 0.3) is 0 Å². The first-order valence-electron chi connectivity index (χ1n) is 35.7. The van der Waals surface area contributed by atoms with Crippen molar-refractivity contribution in [2.24, 2.45) is 5.73 Å². The number of carbonyl (C=O) groups excluding carboxylic acids is 2. The average molecular weight is 1230 g/mol. The Bertz CT molecular complexity index is 1890. The zero-order valence-corrected chi connectivity index (χ0v) is 56.9. The van der Waals surface area contributed by atoms with Crippen LogP contribution in [0.1, 0.15) is 309 Å². The average Bonchev–Trinajstić information content (AvgIpc) is 3.64. The Morgan fingerprint density at radius 2 is 0.632 bits per heavy atom. The standard InChI is InChI=1S/C77H132NO8P/c1-3-5-7-9-11-13-15-17-19-21-23-25-27-29-31-33-35-36-37-38-40-42-44-46-48-50-52-54-56-58-60-62-64-66-68-70-77(80)86-75(74-85-87(81,82)84-72-71-78)73-83-76(79)69-67-65-63-61-59-57-55-53-51-49-47-45-43-41-39-34-32-30-28-26-24-22-20-18-16-14-12-10-8-6-4-2/h5,7,11,13,16-19,22-25,28-31,35-36,38,40,44,46,75H,3-4,6,8-10,12,14-15,20-21,26-27,32-34,37,39,41-43,45,47-74,78H2,1-2H3,(H,81,82)/b7-5-,13-11-,18-16-,19-17-,24-22-,25-23-,30-28-,31-29-,36-35-,40-38-,46-44-. The summed E-state index contributed by atoms with van der Waals surface area (Å²) in [7, 11) is -4.40. The molecular weight excluding hydrogens is 1100 g/mol. The molecule has 0 fully saturated rings. The summed E-state index contributed by atoms with van der Waals surface area (Å²) in [6, 6.07) is 0. The number of unbranched alkanes of at least 4 members (excludes halogenated alkanes) is 31. The molecule has 0 rings (SSSR count). The number of nitrogens with two attached hydrogens (primary N) is 1. The molecule has 0 aliphatic heterocycles. The molecule has 0 heterocycles. The first kappa shape index (κ1) is 83.2. The van der Waals surface area contributed by atoms with Gasteiger partial charge in [0.2, 0.25) is 0 Å². The van der Waals surface area contributed by atoms with Crippen molar-refractivity contribution >= 4 is 19.8 Å². The second kappa shape index (κ2) is 71.2. The molecule has 0 saturated carbocycles. The van der Waals surface area contributed by atoms with E-state index in [1.165, 1.54) is 167 Å². The number of phosphoric ester groups is 1. The molecule has 9 nitrogen and oxygen atoms in total. The highest BCUT2D eigenvalue weighted by Gasteiger charge is 2.26. The van der Waals surface area contributed by atoms with Gasteiger partial charge in [-0.1, -0.05) is 314 Å². The maximum atomic E-state index is 12.8. The van der Waals surface area contributed by atoms with Crippen molar-refractivity contribution in [1.29, 1.82) is 0 Å². The van der Waals surface area contributed by atoms with E-state index < -0.39 is 26.5 Å². The molecule has 0 bridgehead atoms. The van der Waals surface area contributed by atoms with Gasteiger partial charge in [0.1, 0.15) is 6.61 Å². The summed E-state index contributed by atoms with van der Waals surface area (Å²) < 4.78 is 33.2. The molecule has 0 amide bonds. The Hall–Kier alpha value is -3.85. The van der Waals surface area contributed by atoms with Crippen LogP contribution in [0.3, 0.4) is 0 Å². The van der Waals surface area contributed by atoms with Crippen LogP contribution in [-0.2, 0) is 32.7 Å². The number of esters is 2. The summed E-state index contributed by atoms with van der Waals surface area (Å²) in [5, 5.41) is 0. The van der Waals surface area contributed by atoms with Crippen molar-refractivity contribution in [2.45, 2.75) is 315 Å². The molecule has 10 heteroatoms. The summed E-state index contributed by atoms with van der Waals surface area (Å²) in [6.07, 6.45) is 101. The van der Waals surface area contributed by atoms with Crippen LogP contribution in [0, 0.1) is 0 Å². The Kier molecular flexibility index (Phi) is 68.1. The molecule has 87 heavy (non-hydrogen) atoms. The zero-order valence-electron chi connectivity index (χ0n) is 56.0. The van der Waals surface area contributed by atoms with Gasteiger partial charge in [-0.2, -0.15) is 0 Å². The van der Waals surface area contributed by atoms with Gasteiger partial charge in [-0.3, -0.25) is 18.6 Å². The molecule has 0 spiro atoms. The van der Waals surface area contributed by atoms with Gasteiger partial charge in [-0.05, 0) is 116 Å². The summed E-state index contributed by atoms with van der Waals surface area (Å²) in [6.45, 7) is 3.63. The fourth-order valence-corrected chi connectivity index (χ4v) is 10.5. The van der Waals surface area contributed by atoms with E-state index in [9.17, 15) is 19.0 Å². The van der Waals surface area contributed by atoms with Crippen LogP contribution >= 0.6 is 7.82 Å². The Morgan fingerprint density at radius 3 is 0.943 bits per heavy atom. The van der Waals surface area contributed by atoms with Gasteiger partial charge < -0.3 is 20.1 Å². The zero-order chi connectivity index (χ0) is 63.0. The monoisotopic (exact) mass is 1230 g/mol. The number of rotatable bonds is 66. The number of carbonyl (C=O) groups is 2. The second-order valence-electron chi connectivity index (χ2n) is 23.4. The summed E-state index contributed by atoms with van der Waals surface area (Å²) in [4.78, 5) is 35.4. The number of hydrogen-bond acceptors (Lipinski definition) is 8. The third kappa shape index (κ3) is 71.1. The summed E-state index contributed by atoms with van der Waals surface area (Å²) in [5.74, 6) is -0.831. The summed E-state index contributed by atoms with van der Waals surface area (Å²) >= 11 is 0. The van der Waals surface area contributed by atoms with Crippen LogP contribution in [0.2, 0.25) is 0 Å². The molecular formula is C77H132NO8P. The SMILES string of the molecule is CC/C=C\C/C=C\C/C=C\C/C=C\C/C=C\C/C=C\C/C=C\C/C=C\CCCCCCCCCCCCC(=O)OC(COC(=O)CCCCCCCCCCCCCCCCCC/C=C\C/C=C\C/C=C\CCCCCCC)COP(=O)(O)OCCN. The van der Waals surface area contributed by atoms with Crippen molar-refractivity contribution in [3.8, 4) is 0 Å². The molecule has 0 radical (unpaired) electrons. The van der Waals surface area contributed by atoms with E-state index in [1.807, 2.05) is 0 Å². The molecule has 0 saturated heterocycles. The number of ether oxygens (including phenoxy) is 2. The number of allylic oxidation sites excluding steroid dienone is 22. The molecule has 2 unspecified atom stereocenters. The molecule has 3 N–H and O–H groups in total. The lowest BCUT2D eigenvalue weighted by Crippen LogP contribution is -2.29. The smallest absolute Gasteiger partial charge is 0.462 e. The first-order chi connectivity index (χ1) is 42.8. The normalized spacial score (nSPS) is 13.7. The lowest BCUT2D eigenvalue weighted by Gasteiger charge is -2.19. The molecule has 0 aromatic carbocycles. The number of hydrogen-bond donors (Lipinski definition) is 2. The van der Waals surface area contributed by atoms with Crippen LogP contribution in [-0.4, -0.2) is 49.3 Å². The van der Waals surface area contributed by atoms with E-state index in [0.29, 0.717) is 6.42 Å². The van der Waals surface area contributed by atoms with Crippen molar-refractivity contribution in [3.05, 3.63) is 134 Å². The maximum absolute atomic E-state index is 12.8. The van der Waals surface area contributed by atoms with E-state index in [-0.39, 0.29) is 38.6 Å². The van der Waals surface area contributed by atoms with Gasteiger partial charge in [0.05, 0.1) is 13.2 Å². The van der Waals surface area contributed by atoms with Gasteiger partial charge in [0, 0.05) is 19.4 Å². The van der Waals surface area contributed by atoms with E-state index in [4.69, 9.17) is 24.3 Å². The fraction of sp³-hybridized carbons (Fsp3) is 0.688. The van der Waals surface area contributed by atoms with E-state index in [2.05, 4.69) is 148 Å². The van der Waals surface area contributed by atoms with Crippen molar-refractivity contribution in [1.82, 2.24) is 0 Å². The molecule has 0 aromatic heterocycles. The second-order valence-corrected chi connectivity index (χ2v) is 24.8. The topological polar surface area (TPSA) is 134 Å². The molecule has 498 valence electrons. The molecule has 0 aromatic rings. The minimum absolute atomic E-state index is 0.0476. The van der Waals surface area contributed by atoms with Crippen molar-refractivity contribution in [3.63, 3.8) is 0 Å². The minimum atomic E-state index is -4.40. The van der Waals surface area contributed by atoms with Crippen molar-refractivity contribution < 1.29 is 37.6 Å². The van der Waals surface area contributed by atoms with Gasteiger partial charge >= 0.3 is 19.8 Å². The third-order valence-electron chi connectivity index (χ3n) is 15.0. The highest BCUT2D eigenvalue weighted by molar-refractivity contribution is 7.47. The van der Waals surface area contributed by atoms with Crippen molar-refractivity contribution in [2.75, 3.05) is 26.4 Å². The lowest BCUT2D eigenvalue weighted by molar-refractivity contribution is -0.161. The van der Waals surface area contributed by atoms with Gasteiger partial charge in [-0.25, -0.2) is 4.57 Å². The maximum Gasteiger partial charge on any atom is 0.472 e. The Labute approximate surface area is 535 Å². The van der Waals surface area contributed by atoms with E-state index in [0.717, 1.165) is 109 Å². The van der Waals surface area contributed by atoms with E-state index in [1.54, 1.807) is 0 Å². The largest absolute Gasteiger partial charge is 0.472 e. The van der Waals surface area contributed by atoms with Gasteiger partial charge in [0.25, 0.3) is 0 Å². The molecule has 2 atom stereocenters. The van der Waals surface area contributed by atoms with Crippen LogP contribution in [0.15, 0.2) is 134 Å². The predicted molar refractivity (Wildman–Crippen MR) is 376 cm³/mol. The van der Waals surface area contributed by atoms with E-state index >= 15 is 0 Å². The predicted octanol–water partition coefficient (Wildman–Crippen LogP) is 23.6. The molecule has 0 aliphatic carbocycles. The van der Waals surface area contributed by atoms with Gasteiger partial charge in [-0.15, -0.1) is 0 Å². The van der Waals surface area contributed by atoms with Crippen LogP contribution < -0.4 is 5.73 Å². The fourth-order valence-electron chi connectivity index (χ4n) is 9.78. The third-order valence-corrected chi connectivity index (χ3v) is 16.0. The highest BCUT2D eigenvalue weighted by atomic mass is 31.2. The minimum Gasteiger partial charge on any atom is -0.462 e. The highest BCUT2D eigenvalue weighted by Crippen LogP contribution is 2.43. The number of phosphoric acid groups is 1. The van der Waals surface area contributed by atoms with Crippen LogP contribution in [0.4, 0.5) is 0 Å². The first-order valence-corrected chi connectivity index (χ1v) is 37.2. The Morgan fingerprint density at radius 1 is 0.356 bits per heavy atom. The van der Waals surface area contributed by atoms with Gasteiger partial charge in [0.15, 0.2) is 6.10 Å². The quantitative estimate of drug-likeness (QED) is 0.0264. The Balaban J connectivity index is 3.92. The lowest BCUT2D eigenvalue weighted by atomic mass is 10.0.